The molecule has 2 aromatic carbocycles. The summed E-state index contributed by atoms with van der Waals surface area (Å²) in [7, 11) is 1.54. The van der Waals surface area contributed by atoms with Crippen molar-refractivity contribution >= 4 is 23.2 Å². The van der Waals surface area contributed by atoms with E-state index in [9.17, 15) is 4.79 Å². The summed E-state index contributed by atoms with van der Waals surface area (Å²) in [5.74, 6) is 0.808. The smallest absolute Gasteiger partial charge is 0.255 e. The monoisotopic (exact) mass is 368 g/mol. The van der Waals surface area contributed by atoms with Gasteiger partial charge in [-0.3, -0.25) is 9.78 Å². The van der Waals surface area contributed by atoms with Crippen molar-refractivity contribution in [2.45, 2.75) is 6.61 Å². The Labute approximate surface area is 156 Å². The standard InChI is InChI=1S/C20H17ClN2O3/c1-25-19-12-15(20(24)23-17-8-10-22-11-9-17)4-7-18(19)26-13-14-2-5-16(21)6-3-14/h2-12H,13H2,1H3,(H,22,23,24). The number of ether oxygens (including phenoxy) is 2. The zero-order chi connectivity index (χ0) is 18.4. The van der Waals surface area contributed by atoms with Crippen molar-refractivity contribution in [3.63, 3.8) is 0 Å². The number of pyridine rings is 1. The van der Waals surface area contributed by atoms with Gasteiger partial charge in [0.2, 0.25) is 0 Å². The van der Waals surface area contributed by atoms with Gasteiger partial charge in [0.25, 0.3) is 5.91 Å². The van der Waals surface area contributed by atoms with E-state index < -0.39 is 0 Å². The van der Waals surface area contributed by atoms with Crippen molar-refractivity contribution < 1.29 is 14.3 Å². The van der Waals surface area contributed by atoms with E-state index in [-0.39, 0.29) is 5.91 Å². The first-order valence-electron chi connectivity index (χ1n) is 7.92. The van der Waals surface area contributed by atoms with Crippen molar-refractivity contribution in [3.8, 4) is 11.5 Å². The molecule has 0 bridgehead atoms. The fourth-order valence-corrected chi connectivity index (χ4v) is 2.43. The van der Waals surface area contributed by atoms with Crippen molar-refractivity contribution in [1.29, 1.82) is 0 Å². The number of carbonyl (C=O) groups is 1. The Bertz CT molecular complexity index is 883. The van der Waals surface area contributed by atoms with Crippen LogP contribution in [0.5, 0.6) is 11.5 Å². The molecule has 1 N–H and O–H groups in total. The van der Waals surface area contributed by atoms with Crippen LogP contribution in [-0.2, 0) is 6.61 Å². The van der Waals surface area contributed by atoms with Gasteiger partial charge >= 0.3 is 0 Å². The molecule has 0 radical (unpaired) electrons. The third-order valence-electron chi connectivity index (χ3n) is 3.67. The topological polar surface area (TPSA) is 60.5 Å². The van der Waals surface area contributed by atoms with Crippen molar-refractivity contribution in [1.82, 2.24) is 4.98 Å². The van der Waals surface area contributed by atoms with Gasteiger partial charge in [-0.25, -0.2) is 0 Å². The van der Waals surface area contributed by atoms with E-state index in [4.69, 9.17) is 21.1 Å². The summed E-state index contributed by atoms with van der Waals surface area (Å²) in [4.78, 5) is 16.3. The van der Waals surface area contributed by atoms with Crippen LogP contribution in [0.4, 0.5) is 5.69 Å². The molecule has 0 aliphatic heterocycles. The second kappa shape index (κ2) is 8.36. The molecule has 0 saturated carbocycles. The van der Waals surface area contributed by atoms with Crippen LogP contribution < -0.4 is 14.8 Å². The SMILES string of the molecule is COc1cc(C(=O)Nc2ccncc2)ccc1OCc1ccc(Cl)cc1. The van der Waals surface area contributed by atoms with Crippen LogP contribution in [0.25, 0.3) is 0 Å². The maximum Gasteiger partial charge on any atom is 0.255 e. The molecule has 0 saturated heterocycles. The van der Waals surface area contributed by atoms with Gasteiger partial charge in [0.15, 0.2) is 11.5 Å². The predicted octanol–water partition coefficient (Wildman–Crippen LogP) is 4.57. The fourth-order valence-electron chi connectivity index (χ4n) is 2.31. The number of amides is 1. The second-order valence-electron chi connectivity index (χ2n) is 5.47. The molecule has 0 unspecified atom stereocenters. The number of nitrogens with zero attached hydrogens (tertiary/aromatic N) is 1. The van der Waals surface area contributed by atoms with Gasteiger partial charge in [-0.15, -0.1) is 0 Å². The molecule has 0 spiro atoms. The number of carbonyl (C=O) groups excluding carboxylic acids is 1. The van der Waals surface area contributed by atoms with Crippen LogP contribution in [0, 0.1) is 0 Å². The van der Waals surface area contributed by atoms with E-state index in [1.807, 2.05) is 24.3 Å². The predicted molar refractivity (Wildman–Crippen MR) is 101 cm³/mol. The maximum absolute atomic E-state index is 12.4. The highest BCUT2D eigenvalue weighted by molar-refractivity contribution is 6.30. The number of halogens is 1. The lowest BCUT2D eigenvalue weighted by atomic mass is 10.2. The quantitative estimate of drug-likeness (QED) is 0.692. The number of benzene rings is 2. The largest absolute Gasteiger partial charge is 0.493 e. The Hall–Kier alpha value is -3.05. The first-order valence-corrected chi connectivity index (χ1v) is 8.30. The zero-order valence-corrected chi connectivity index (χ0v) is 14.9. The Kier molecular flexibility index (Phi) is 5.71. The third-order valence-corrected chi connectivity index (χ3v) is 3.92. The molecule has 0 atom stereocenters. The molecule has 1 aromatic heterocycles. The summed E-state index contributed by atoms with van der Waals surface area (Å²) >= 11 is 5.88. The Morgan fingerprint density at radius 1 is 1.04 bits per heavy atom. The minimum absolute atomic E-state index is 0.237. The third kappa shape index (κ3) is 4.52. The molecule has 0 fully saturated rings. The van der Waals surface area contributed by atoms with Gasteiger partial charge in [-0.2, -0.15) is 0 Å². The first-order chi connectivity index (χ1) is 12.7. The molecule has 0 aliphatic carbocycles. The molecular weight excluding hydrogens is 352 g/mol. The second-order valence-corrected chi connectivity index (χ2v) is 5.91. The average Bonchev–Trinajstić information content (AvgIpc) is 2.68. The molecule has 0 aliphatic rings. The lowest BCUT2D eigenvalue weighted by molar-refractivity contribution is 0.102. The highest BCUT2D eigenvalue weighted by Gasteiger charge is 2.12. The highest BCUT2D eigenvalue weighted by Crippen LogP contribution is 2.29. The van der Waals surface area contributed by atoms with Crippen LogP contribution >= 0.6 is 11.6 Å². The highest BCUT2D eigenvalue weighted by atomic mass is 35.5. The average molecular weight is 369 g/mol. The minimum atomic E-state index is -0.237. The maximum atomic E-state index is 12.4. The first kappa shape index (κ1) is 17.8. The fraction of sp³-hybridized carbons (Fsp3) is 0.100. The summed E-state index contributed by atoms with van der Waals surface area (Å²) in [5, 5.41) is 3.48. The molecule has 5 nitrogen and oxygen atoms in total. The summed E-state index contributed by atoms with van der Waals surface area (Å²) in [5.41, 5.74) is 2.13. The van der Waals surface area contributed by atoms with E-state index in [0.29, 0.717) is 34.4 Å². The van der Waals surface area contributed by atoms with Crippen molar-refractivity contribution in [2.75, 3.05) is 12.4 Å². The molecule has 6 heteroatoms. The lowest BCUT2D eigenvalue weighted by Gasteiger charge is -2.12. The number of hydrogen-bond donors (Lipinski definition) is 1. The van der Waals surface area contributed by atoms with Gasteiger partial charge in [-0.1, -0.05) is 23.7 Å². The zero-order valence-electron chi connectivity index (χ0n) is 14.1. The van der Waals surface area contributed by atoms with Crippen molar-refractivity contribution in [3.05, 3.63) is 83.1 Å². The van der Waals surface area contributed by atoms with Crippen LogP contribution in [0.3, 0.4) is 0 Å². The summed E-state index contributed by atoms with van der Waals surface area (Å²) in [6, 6.07) is 15.9. The Morgan fingerprint density at radius 3 is 2.46 bits per heavy atom. The molecule has 132 valence electrons. The molecular formula is C20H17ClN2O3. The molecule has 3 rings (SSSR count). The number of hydrogen-bond acceptors (Lipinski definition) is 4. The number of nitrogens with one attached hydrogen (secondary N) is 1. The number of anilines is 1. The van der Waals surface area contributed by atoms with E-state index >= 15 is 0 Å². The van der Waals surface area contributed by atoms with Gasteiger partial charge < -0.3 is 14.8 Å². The summed E-state index contributed by atoms with van der Waals surface area (Å²) in [6.45, 7) is 0.371. The molecule has 1 heterocycles. The van der Waals surface area contributed by atoms with Gasteiger partial charge in [0.05, 0.1) is 7.11 Å². The van der Waals surface area contributed by atoms with E-state index in [1.54, 1.807) is 42.7 Å². The van der Waals surface area contributed by atoms with Crippen LogP contribution in [0.15, 0.2) is 67.0 Å². The van der Waals surface area contributed by atoms with E-state index in [1.165, 1.54) is 7.11 Å². The van der Waals surface area contributed by atoms with Crippen LogP contribution in [0.2, 0.25) is 5.02 Å². The normalized spacial score (nSPS) is 10.2. The summed E-state index contributed by atoms with van der Waals surface area (Å²) < 4.78 is 11.2. The molecule has 3 aromatic rings. The van der Waals surface area contributed by atoms with Gasteiger partial charge in [-0.05, 0) is 48.0 Å². The van der Waals surface area contributed by atoms with Crippen LogP contribution in [0.1, 0.15) is 15.9 Å². The summed E-state index contributed by atoms with van der Waals surface area (Å²) in [6.07, 6.45) is 3.23. The number of aromatic nitrogens is 1. The van der Waals surface area contributed by atoms with E-state index in [0.717, 1.165) is 5.56 Å². The Balaban J connectivity index is 1.70. The molecule has 1 amide bonds. The van der Waals surface area contributed by atoms with E-state index in [2.05, 4.69) is 10.3 Å². The van der Waals surface area contributed by atoms with Crippen LogP contribution in [-0.4, -0.2) is 18.0 Å². The number of rotatable bonds is 6. The van der Waals surface area contributed by atoms with Gasteiger partial charge in [0, 0.05) is 28.7 Å². The molecule has 26 heavy (non-hydrogen) atoms. The minimum Gasteiger partial charge on any atom is -0.493 e. The lowest BCUT2D eigenvalue weighted by Crippen LogP contribution is -2.12. The Morgan fingerprint density at radius 2 is 1.77 bits per heavy atom. The van der Waals surface area contributed by atoms with Gasteiger partial charge in [0.1, 0.15) is 6.61 Å². The van der Waals surface area contributed by atoms with Crippen molar-refractivity contribution in [2.24, 2.45) is 0 Å². The number of methoxy groups -OCH3 is 1.